The van der Waals surface area contributed by atoms with Gasteiger partial charge in [-0.2, -0.15) is 0 Å². The van der Waals surface area contributed by atoms with Crippen LogP contribution in [0.3, 0.4) is 0 Å². The van der Waals surface area contributed by atoms with Crippen LogP contribution in [0.5, 0.6) is 0 Å². The number of halogens is 1. The Labute approximate surface area is 116 Å². The second-order valence-electron chi connectivity index (χ2n) is 4.64. The summed E-state index contributed by atoms with van der Waals surface area (Å²) >= 11 is 5.73. The number of hydrogen-bond acceptors (Lipinski definition) is 5. The fraction of sp³-hybridized carbons (Fsp3) is 0.583. The predicted octanol–water partition coefficient (Wildman–Crippen LogP) is 3.01. The lowest BCUT2D eigenvalue weighted by Gasteiger charge is -2.28. The van der Waals surface area contributed by atoms with E-state index in [1.165, 1.54) is 12.3 Å². The summed E-state index contributed by atoms with van der Waals surface area (Å²) in [5, 5.41) is 14.4. The molecule has 1 saturated carbocycles. The summed E-state index contributed by atoms with van der Waals surface area (Å²) in [4.78, 5) is 14.5. The fourth-order valence-corrected chi connectivity index (χ4v) is 2.51. The van der Waals surface area contributed by atoms with Crippen molar-refractivity contribution in [1.82, 2.24) is 4.98 Å². The first-order chi connectivity index (χ1) is 9.10. The summed E-state index contributed by atoms with van der Waals surface area (Å²) in [7, 11) is 1.69. The van der Waals surface area contributed by atoms with E-state index in [1.54, 1.807) is 7.11 Å². The second kappa shape index (κ2) is 6.16. The molecule has 2 atom stereocenters. The molecule has 0 radical (unpaired) electrons. The van der Waals surface area contributed by atoms with E-state index in [0.29, 0.717) is 0 Å². The first-order valence-corrected chi connectivity index (χ1v) is 6.57. The Balaban J connectivity index is 2.12. The number of nitro groups is 1. The third kappa shape index (κ3) is 3.54. The van der Waals surface area contributed by atoms with E-state index < -0.39 is 4.92 Å². The smallest absolute Gasteiger partial charge is 0.312 e. The van der Waals surface area contributed by atoms with Crippen molar-refractivity contribution in [3.05, 3.63) is 27.4 Å². The molecule has 0 amide bonds. The van der Waals surface area contributed by atoms with Gasteiger partial charge in [-0.1, -0.05) is 11.6 Å². The van der Waals surface area contributed by atoms with Crippen LogP contribution in [0, 0.1) is 10.1 Å². The van der Waals surface area contributed by atoms with Crippen LogP contribution in [0.2, 0.25) is 5.02 Å². The van der Waals surface area contributed by atoms with Crippen molar-refractivity contribution in [2.75, 3.05) is 12.4 Å². The third-order valence-electron chi connectivity index (χ3n) is 3.33. The van der Waals surface area contributed by atoms with Crippen LogP contribution < -0.4 is 5.32 Å². The van der Waals surface area contributed by atoms with Crippen molar-refractivity contribution in [2.24, 2.45) is 0 Å². The van der Waals surface area contributed by atoms with Crippen molar-refractivity contribution in [1.29, 1.82) is 0 Å². The van der Waals surface area contributed by atoms with Gasteiger partial charge in [0.2, 0.25) is 5.82 Å². The molecule has 1 fully saturated rings. The average Bonchev–Trinajstić information content (AvgIpc) is 2.41. The highest BCUT2D eigenvalue weighted by Gasteiger charge is 2.25. The quantitative estimate of drug-likeness (QED) is 0.679. The highest BCUT2D eigenvalue weighted by molar-refractivity contribution is 6.30. The molecule has 0 saturated heterocycles. The Bertz CT molecular complexity index is 470. The number of hydrogen-bond donors (Lipinski definition) is 1. The van der Waals surface area contributed by atoms with Crippen molar-refractivity contribution in [3.63, 3.8) is 0 Å². The maximum absolute atomic E-state index is 11.0. The lowest BCUT2D eigenvalue weighted by atomic mass is 9.93. The van der Waals surface area contributed by atoms with Crippen molar-refractivity contribution in [2.45, 2.75) is 37.8 Å². The molecular weight excluding hydrogens is 270 g/mol. The van der Waals surface area contributed by atoms with E-state index in [1.807, 2.05) is 0 Å². The zero-order chi connectivity index (χ0) is 13.8. The third-order valence-corrected chi connectivity index (χ3v) is 3.54. The Hall–Kier alpha value is -1.40. The Morgan fingerprint density at radius 1 is 1.58 bits per heavy atom. The molecule has 0 spiro atoms. The number of anilines is 1. The zero-order valence-electron chi connectivity index (χ0n) is 10.6. The van der Waals surface area contributed by atoms with E-state index in [9.17, 15) is 10.1 Å². The minimum atomic E-state index is -0.474. The molecule has 1 aliphatic carbocycles. The lowest BCUT2D eigenvalue weighted by Crippen LogP contribution is -2.31. The van der Waals surface area contributed by atoms with Crippen LogP contribution in [0.15, 0.2) is 12.3 Å². The topological polar surface area (TPSA) is 77.3 Å². The number of ether oxygens (including phenoxy) is 1. The standard InChI is InChI=1S/C12H16ClN3O3/c1-19-10-4-2-3-9(6-10)15-12-11(16(17)18)5-8(13)7-14-12/h5,7,9-10H,2-4,6H2,1H3,(H,14,15). The van der Waals surface area contributed by atoms with Crippen LogP contribution in [-0.2, 0) is 4.74 Å². The molecule has 1 N–H and O–H groups in total. The summed E-state index contributed by atoms with van der Waals surface area (Å²) in [6.07, 6.45) is 5.48. The SMILES string of the molecule is COC1CCCC(Nc2ncc(Cl)cc2[N+](=O)[O-])C1. The van der Waals surface area contributed by atoms with Crippen LogP contribution >= 0.6 is 11.6 Å². The van der Waals surface area contributed by atoms with Crippen LogP contribution in [0.25, 0.3) is 0 Å². The summed E-state index contributed by atoms with van der Waals surface area (Å²) in [5.41, 5.74) is -0.0907. The minimum absolute atomic E-state index is 0.0907. The summed E-state index contributed by atoms with van der Waals surface area (Å²) in [6, 6.07) is 1.46. The van der Waals surface area contributed by atoms with Crippen molar-refractivity contribution >= 4 is 23.1 Å². The number of rotatable bonds is 4. The molecule has 0 aromatic carbocycles. The van der Waals surface area contributed by atoms with Gasteiger partial charge in [0.25, 0.3) is 0 Å². The maximum Gasteiger partial charge on any atom is 0.312 e. The van der Waals surface area contributed by atoms with Gasteiger partial charge in [0.05, 0.1) is 16.0 Å². The van der Waals surface area contributed by atoms with Crippen LogP contribution in [0.1, 0.15) is 25.7 Å². The van der Waals surface area contributed by atoms with Crippen LogP contribution in [-0.4, -0.2) is 29.2 Å². The van der Waals surface area contributed by atoms with Gasteiger partial charge < -0.3 is 10.1 Å². The van der Waals surface area contributed by atoms with Gasteiger partial charge >= 0.3 is 5.69 Å². The number of pyridine rings is 1. The molecule has 2 rings (SSSR count). The fourth-order valence-electron chi connectivity index (χ4n) is 2.36. The first kappa shape index (κ1) is 14.0. The van der Waals surface area contributed by atoms with E-state index in [4.69, 9.17) is 16.3 Å². The van der Waals surface area contributed by atoms with E-state index in [2.05, 4.69) is 10.3 Å². The van der Waals surface area contributed by atoms with Gasteiger partial charge in [-0.25, -0.2) is 4.98 Å². The van der Waals surface area contributed by atoms with Crippen LogP contribution in [0.4, 0.5) is 11.5 Å². The molecule has 1 aromatic heterocycles. The minimum Gasteiger partial charge on any atom is -0.381 e. The highest BCUT2D eigenvalue weighted by Crippen LogP contribution is 2.29. The van der Waals surface area contributed by atoms with Gasteiger partial charge in [-0.3, -0.25) is 10.1 Å². The molecule has 1 aromatic rings. The average molecular weight is 286 g/mol. The van der Waals surface area contributed by atoms with Gasteiger partial charge in [-0.05, 0) is 25.7 Å². The molecule has 2 unspecified atom stereocenters. The summed E-state index contributed by atoms with van der Waals surface area (Å²) < 4.78 is 5.34. The summed E-state index contributed by atoms with van der Waals surface area (Å²) in [5.74, 6) is 0.274. The van der Waals surface area contributed by atoms with Gasteiger partial charge in [0.1, 0.15) is 0 Å². The molecule has 0 aliphatic heterocycles. The largest absolute Gasteiger partial charge is 0.381 e. The van der Waals surface area contributed by atoms with Crippen molar-refractivity contribution < 1.29 is 9.66 Å². The Kier molecular flexibility index (Phi) is 4.55. The Morgan fingerprint density at radius 2 is 2.37 bits per heavy atom. The van der Waals surface area contributed by atoms with Gasteiger partial charge in [0.15, 0.2) is 0 Å². The number of nitrogens with one attached hydrogen (secondary N) is 1. The zero-order valence-corrected chi connectivity index (χ0v) is 11.4. The summed E-state index contributed by atoms with van der Waals surface area (Å²) in [6.45, 7) is 0. The van der Waals surface area contributed by atoms with Gasteiger partial charge in [-0.15, -0.1) is 0 Å². The second-order valence-corrected chi connectivity index (χ2v) is 5.08. The highest BCUT2D eigenvalue weighted by atomic mass is 35.5. The van der Waals surface area contributed by atoms with Gasteiger partial charge in [0, 0.05) is 25.4 Å². The normalized spacial score (nSPS) is 23.1. The predicted molar refractivity (Wildman–Crippen MR) is 72.6 cm³/mol. The van der Waals surface area contributed by atoms with Crippen molar-refractivity contribution in [3.8, 4) is 0 Å². The molecule has 1 heterocycles. The molecule has 6 nitrogen and oxygen atoms in total. The Morgan fingerprint density at radius 3 is 3.05 bits per heavy atom. The molecule has 104 valence electrons. The maximum atomic E-state index is 11.0. The molecule has 19 heavy (non-hydrogen) atoms. The number of nitrogens with zero attached hydrogens (tertiary/aromatic N) is 2. The lowest BCUT2D eigenvalue weighted by molar-refractivity contribution is -0.384. The van der Waals surface area contributed by atoms with E-state index in [0.717, 1.165) is 25.7 Å². The first-order valence-electron chi connectivity index (χ1n) is 6.19. The molecule has 0 bridgehead atoms. The number of methoxy groups -OCH3 is 1. The van der Waals surface area contributed by atoms with E-state index in [-0.39, 0.29) is 28.7 Å². The molecule has 7 heteroatoms. The monoisotopic (exact) mass is 285 g/mol. The number of aromatic nitrogens is 1. The molecular formula is C12H16ClN3O3. The van der Waals surface area contributed by atoms with E-state index >= 15 is 0 Å². The molecule has 1 aliphatic rings.